The molecule has 3 amide bonds. The SMILES string of the molecule is CNC(=O)c1cc(F)ccc1CNC(=O)c1cnc(C(=O)NO)c2c1COC(C)(C)O2. The van der Waals surface area contributed by atoms with Gasteiger partial charge in [-0.05, 0) is 17.7 Å². The Hall–Kier alpha value is -3.57. The van der Waals surface area contributed by atoms with E-state index in [4.69, 9.17) is 14.7 Å². The van der Waals surface area contributed by atoms with Gasteiger partial charge >= 0.3 is 0 Å². The highest BCUT2D eigenvalue weighted by Crippen LogP contribution is 2.35. The normalized spacial score (nSPS) is 14.1. The largest absolute Gasteiger partial charge is 0.460 e. The highest BCUT2D eigenvalue weighted by Gasteiger charge is 2.34. The Kier molecular flexibility index (Phi) is 6.18. The second-order valence-corrected chi connectivity index (χ2v) is 7.12. The van der Waals surface area contributed by atoms with Crippen molar-refractivity contribution in [2.24, 2.45) is 0 Å². The number of nitrogens with zero attached hydrogens (tertiary/aromatic N) is 1. The average molecular weight is 432 g/mol. The fourth-order valence-electron chi connectivity index (χ4n) is 3.04. The number of halogens is 1. The minimum Gasteiger partial charge on any atom is -0.460 e. The van der Waals surface area contributed by atoms with Gasteiger partial charge in [0.25, 0.3) is 17.7 Å². The maximum absolute atomic E-state index is 13.5. The van der Waals surface area contributed by atoms with Crippen LogP contribution in [0.2, 0.25) is 0 Å². The van der Waals surface area contributed by atoms with Gasteiger partial charge in [-0.1, -0.05) is 6.07 Å². The second kappa shape index (κ2) is 8.66. The predicted octanol–water partition coefficient (Wildman–Crippen LogP) is 1.27. The Morgan fingerprint density at radius 1 is 1.19 bits per heavy atom. The van der Waals surface area contributed by atoms with Crippen LogP contribution in [0.5, 0.6) is 5.75 Å². The van der Waals surface area contributed by atoms with Crippen LogP contribution in [0.1, 0.15) is 56.2 Å². The van der Waals surface area contributed by atoms with E-state index in [-0.39, 0.29) is 41.3 Å². The van der Waals surface area contributed by atoms with E-state index < -0.39 is 29.3 Å². The monoisotopic (exact) mass is 432 g/mol. The van der Waals surface area contributed by atoms with E-state index in [9.17, 15) is 18.8 Å². The van der Waals surface area contributed by atoms with Gasteiger partial charge in [-0.25, -0.2) is 14.9 Å². The number of fused-ring (bicyclic) bond motifs is 1. The predicted molar refractivity (Wildman–Crippen MR) is 104 cm³/mol. The zero-order chi connectivity index (χ0) is 22.8. The molecular weight excluding hydrogens is 411 g/mol. The molecule has 0 aliphatic carbocycles. The van der Waals surface area contributed by atoms with Gasteiger partial charge in [0, 0.05) is 44.8 Å². The molecule has 3 rings (SSSR count). The van der Waals surface area contributed by atoms with Crippen molar-refractivity contribution in [3.8, 4) is 5.75 Å². The topological polar surface area (TPSA) is 139 Å². The molecule has 11 heteroatoms. The first-order valence-electron chi connectivity index (χ1n) is 9.25. The lowest BCUT2D eigenvalue weighted by atomic mass is 10.0. The molecule has 1 aliphatic heterocycles. The van der Waals surface area contributed by atoms with Gasteiger partial charge in [0.05, 0.1) is 12.2 Å². The zero-order valence-electron chi connectivity index (χ0n) is 17.0. The van der Waals surface area contributed by atoms with Crippen LogP contribution >= 0.6 is 0 Å². The number of hydrogen-bond acceptors (Lipinski definition) is 7. The van der Waals surface area contributed by atoms with Crippen molar-refractivity contribution in [3.63, 3.8) is 0 Å². The molecule has 4 N–H and O–H groups in total. The number of nitrogens with one attached hydrogen (secondary N) is 3. The van der Waals surface area contributed by atoms with E-state index in [1.54, 1.807) is 13.8 Å². The van der Waals surface area contributed by atoms with Crippen molar-refractivity contribution in [1.82, 2.24) is 21.1 Å². The summed E-state index contributed by atoms with van der Waals surface area (Å²) in [5, 5.41) is 14.0. The van der Waals surface area contributed by atoms with Crippen LogP contribution in [0.3, 0.4) is 0 Å². The summed E-state index contributed by atoms with van der Waals surface area (Å²) in [4.78, 5) is 40.7. The van der Waals surface area contributed by atoms with Crippen molar-refractivity contribution in [3.05, 3.63) is 58.2 Å². The molecule has 0 saturated carbocycles. The standard InChI is InChI=1S/C20H21FN4O6/c1-20(2)30-9-14-13(8-23-15(16(14)31-20)19(28)25-29)18(27)24-7-10-4-5-11(21)6-12(10)17(26)22-3/h4-6,8,29H,7,9H2,1-3H3,(H,22,26)(H,24,27)(H,25,28). The number of hydrogen-bond donors (Lipinski definition) is 4. The summed E-state index contributed by atoms with van der Waals surface area (Å²) in [6.45, 7) is 3.14. The van der Waals surface area contributed by atoms with Crippen LogP contribution in [-0.4, -0.2) is 40.7 Å². The fraction of sp³-hybridized carbons (Fsp3) is 0.300. The van der Waals surface area contributed by atoms with Gasteiger partial charge in [0.15, 0.2) is 11.4 Å². The third-order valence-electron chi connectivity index (χ3n) is 4.59. The molecule has 0 spiro atoms. The molecule has 10 nitrogen and oxygen atoms in total. The minimum atomic E-state index is -1.08. The third kappa shape index (κ3) is 4.62. The average Bonchev–Trinajstić information content (AvgIpc) is 2.75. The number of hydroxylamine groups is 1. The summed E-state index contributed by atoms with van der Waals surface area (Å²) in [5.41, 5.74) is 2.14. The second-order valence-electron chi connectivity index (χ2n) is 7.12. The van der Waals surface area contributed by atoms with E-state index in [0.717, 1.165) is 12.3 Å². The summed E-state index contributed by atoms with van der Waals surface area (Å²) in [6, 6.07) is 3.66. The van der Waals surface area contributed by atoms with Crippen molar-refractivity contribution >= 4 is 17.7 Å². The van der Waals surface area contributed by atoms with Gasteiger partial charge in [-0.3, -0.25) is 19.6 Å². The summed E-state index contributed by atoms with van der Waals surface area (Å²) in [5.74, 6) is -3.61. The molecule has 2 aromatic rings. The first kappa shape index (κ1) is 22.1. The lowest BCUT2D eigenvalue weighted by molar-refractivity contribution is -0.180. The molecule has 0 atom stereocenters. The van der Waals surface area contributed by atoms with Crippen LogP contribution in [0.4, 0.5) is 4.39 Å². The first-order chi connectivity index (χ1) is 14.7. The number of aromatic nitrogens is 1. The maximum Gasteiger partial charge on any atom is 0.297 e. The zero-order valence-corrected chi connectivity index (χ0v) is 17.0. The van der Waals surface area contributed by atoms with Gasteiger partial charge in [0.2, 0.25) is 5.79 Å². The Morgan fingerprint density at radius 3 is 2.61 bits per heavy atom. The smallest absolute Gasteiger partial charge is 0.297 e. The van der Waals surface area contributed by atoms with E-state index in [0.29, 0.717) is 5.56 Å². The maximum atomic E-state index is 13.5. The summed E-state index contributed by atoms with van der Waals surface area (Å²) in [7, 11) is 1.42. The lowest BCUT2D eigenvalue weighted by Crippen LogP contribution is -2.38. The van der Waals surface area contributed by atoms with Crippen molar-refractivity contribution in [2.45, 2.75) is 32.8 Å². The van der Waals surface area contributed by atoms with Crippen LogP contribution in [0.25, 0.3) is 0 Å². The van der Waals surface area contributed by atoms with E-state index >= 15 is 0 Å². The molecule has 0 saturated heterocycles. The number of benzene rings is 1. The molecule has 1 aromatic carbocycles. The van der Waals surface area contributed by atoms with Crippen molar-refractivity contribution in [1.29, 1.82) is 0 Å². The fourth-order valence-corrected chi connectivity index (χ4v) is 3.04. The summed E-state index contributed by atoms with van der Waals surface area (Å²) < 4.78 is 24.8. The number of rotatable bonds is 5. The minimum absolute atomic E-state index is 0.0169. The van der Waals surface area contributed by atoms with Gasteiger partial charge in [-0.15, -0.1) is 0 Å². The molecule has 0 radical (unpaired) electrons. The highest BCUT2D eigenvalue weighted by molar-refractivity contribution is 6.00. The van der Waals surface area contributed by atoms with Gasteiger partial charge in [0.1, 0.15) is 5.82 Å². The molecule has 164 valence electrons. The summed E-state index contributed by atoms with van der Waals surface area (Å²) in [6.07, 6.45) is 1.16. The van der Waals surface area contributed by atoms with Gasteiger partial charge < -0.3 is 20.1 Å². The van der Waals surface area contributed by atoms with Crippen LogP contribution in [0.15, 0.2) is 24.4 Å². The Balaban J connectivity index is 1.90. The van der Waals surface area contributed by atoms with E-state index in [1.165, 1.54) is 24.7 Å². The number of carbonyl (C=O) groups is 3. The molecular formula is C20H21FN4O6. The highest BCUT2D eigenvalue weighted by atomic mass is 19.1. The molecule has 0 unspecified atom stereocenters. The molecule has 2 heterocycles. The number of amides is 3. The van der Waals surface area contributed by atoms with Crippen LogP contribution in [0, 0.1) is 5.82 Å². The molecule has 1 aromatic heterocycles. The Labute approximate surface area is 176 Å². The van der Waals surface area contributed by atoms with E-state index in [1.807, 2.05) is 0 Å². The third-order valence-corrected chi connectivity index (χ3v) is 4.59. The van der Waals surface area contributed by atoms with Crippen molar-refractivity contribution in [2.75, 3.05) is 7.05 Å². The van der Waals surface area contributed by atoms with Crippen LogP contribution < -0.4 is 20.9 Å². The molecule has 31 heavy (non-hydrogen) atoms. The Morgan fingerprint density at radius 2 is 1.94 bits per heavy atom. The van der Waals surface area contributed by atoms with Crippen molar-refractivity contribution < 1.29 is 33.5 Å². The van der Waals surface area contributed by atoms with E-state index in [2.05, 4.69) is 15.6 Å². The number of carbonyl (C=O) groups excluding carboxylic acids is 3. The summed E-state index contributed by atoms with van der Waals surface area (Å²) >= 11 is 0. The number of pyridine rings is 1. The van der Waals surface area contributed by atoms with Gasteiger partial charge in [-0.2, -0.15) is 0 Å². The quantitative estimate of drug-likeness (QED) is 0.412. The molecule has 0 fully saturated rings. The Bertz CT molecular complexity index is 1060. The molecule has 0 bridgehead atoms. The first-order valence-corrected chi connectivity index (χ1v) is 9.25. The molecule has 1 aliphatic rings. The lowest BCUT2D eigenvalue weighted by Gasteiger charge is -2.33. The van der Waals surface area contributed by atoms with Crippen LogP contribution in [-0.2, 0) is 17.9 Å². The number of ether oxygens (including phenoxy) is 2.